The lowest BCUT2D eigenvalue weighted by Gasteiger charge is -2.17. The molecule has 0 saturated heterocycles. The van der Waals surface area contributed by atoms with Gasteiger partial charge in [-0.15, -0.1) is 0 Å². The van der Waals surface area contributed by atoms with E-state index < -0.39 is 11.0 Å². The number of hydrogen-bond acceptors (Lipinski definition) is 5. The van der Waals surface area contributed by atoms with E-state index in [2.05, 4.69) is 10.6 Å². The molecule has 0 aliphatic heterocycles. The second-order valence-corrected chi connectivity index (χ2v) is 6.44. The number of methoxy groups -OCH3 is 1. The van der Waals surface area contributed by atoms with Crippen LogP contribution in [0.3, 0.4) is 0 Å². The molecule has 29 heavy (non-hydrogen) atoms. The summed E-state index contributed by atoms with van der Waals surface area (Å²) < 4.78 is 5.18. The Bertz CT molecular complexity index is 1000. The molecule has 0 fully saturated rings. The number of amides is 1. The van der Waals surface area contributed by atoms with Crippen molar-refractivity contribution in [1.29, 1.82) is 0 Å². The highest BCUT2D eigenvalue weighted by Gasteiger charge is 2.17. The van der Waals surface area contributed by atoms with Crippen LogP contribution in [0.4, 0.5) is 17.1 Å². The first-order chi connectivity index (χ1) is 14.0. The molecule has 7 nitrogen and oxygen atoms in total. The maximum Gasteiger partial charge on any atom is 0.271 e. The smallest absolute Gasteiger partial charge is 0.271 e. The Labute approximate surface area is 168 Å². The summed E-state index contributed by atoms with van der Waals surface area (Å²) in [5.74, 6) is 0.0132. The number of nitro groups is 1. The standard InChI is InChI=1S/C22H21N3O4/c1-15(22(26)24-20-14-19(25(27)28)12-13-21(20)29-2)23-18-10-8-17(9-11-18)16-6-4-3-5-7-16/h3-15,23H,1-2H3,(H,24,26)/t15-/m1/s1. The average Bonchev–Trinajstić information content (AvgIpc) is 2.74. The number of anilines is 2. The number of nitrogens with one attached hydrogen (secondary N) is 2. The summed E-state index contributed by atoms with van der Waals surface area (Å²) >= 11 is 0. The normalized spacial score (nSPS) is 11.4. The molecule has 0 spiro atoms. The van der Waals surface area contributed by atoms with E-state index in [4.69, 9.17) is 4.74 Å². The number of benzene rings is 3. The molecular formula is C22H21N3O4. The minimum atomic E-state index is -0.568. The lowest BCUT2D eigenvalue weighted by molar-refractivity contribution is -0.384. The van der Waals surface area contributed by atoms with Gasteiger partial charge in [0.15, 0.2) is 0 Å². The van der Waals surface area contributed by atoms with Crippen LogP contribution >= 0.6 is 0 Å². The van der Waals surface area contributed by atoms with E-state index in [1.165, 1.54) is 25.3 Å². The van der Waals surface area contributed by atoms with E-state index in [9.17, 15) is 14.9 Å². The van der Waals surface area contributed by atoms with E-state index in [0.29, 0.717) is 5.75 Å². The van der Waals surface area contributed by atoms with Gasteiger partial charge in [0, 0.05) is 17.8 Å². The van der Waals surface area contributed by atoms with Crippen LogP contribution in [-0.2, 0) is 4.79 Å². The van der Waals surface area contributed by atoms with Gasteiger partial charge >= 0.3 is 0 Å². The Hall–Kier alpha value is -3.87. The first-order valence-electron chi connectivity index (χ1n) is 9.03. The van der Waals surface area contributed by atoms with E-state index in [1.807, 2.05) is 54.6 Å². The van der Waals surface area contributed by atoms with E-state index in [-0.39, 0.29) is 17.3 Å². The summed E-state index contributed by atoms with van der Waals surface area (Å²) in [6.45, 7) is 1.71. The Morgan fingerprint density at radius 2 is 1.66 bits per heavy atom. The molecule has 2 N–H and O–H groups in total. The van der Waals surface area contributed by atoms with Gasteiger partial charge in [-0.2, -0.15) is 0 Å². The van der Waals surface area contributed by atoms with Crippen molar-refractivity contribution in [1.82, 2.24) is 0 Å². The zero-order valence-electron chi connectivity index (χ0n) is 16.1. The molecule has 0 aliphatic rings. The molecule has 3 aromatic rings. The SMILES string of the molecule is COc1ccc([N+](=O)[O-])cc1NC(=O)[C@@H](C)Nc1ccc(-c2ccccc2)cc1. The van der Waals surface area contributed by atoms with Gasteiger partial charge in [-0.1, -0.05) is 42.5 Å². The quantitative estimate of drug-likeness (QED) is 0.449. The summed E-state index contributed by atoms with van der Waals surface area (Å²) in [5, 5.41) is 16.8. The van der Waals surface area contributed by atoms with Crippen LogP contribution in [0.25, 0.3) is 11.1 Å². The monoisotopic (exact) mass is 391 g/mol. The lowest BCUT2D eigenvalue weighted by atomic mass is 10.1. The van der Waals surface area contributed by atoms with Crippen LogP contribution in [0.15, 0.2) is 72.8 Å². The zero-order valence-corrected chi connectivity index (χ0v) is 16.1. The number of nitrogens with zero attached hydrogens (tertiary/aromatic N) is 1. The molecule has 1 amide bonds. The number of hydrogen-bond donors (Lipinski definition) is 2. The molecule has 0 saturated carbocycles. The summed E-state index contributed by atoms with van der Waals surface area (Å²) in [6, 6.07) is 21.2. The third-order valence-corrected chi connectivity index (χ3v) is 4.42. The van der Waals surface area contributed by atoms with Crippen molar-refractivity contribution in [2.45, 2.75) is 13.0 Å². The van der Waals surface area contributed by atoms with Gasteiger partial charge < -0.3 is 15.4 Å². The van der Waals surface area contributed by atoms with Crippen molar-refractivity contribution in [2.75, 3.05) is 17.7 Å². The molecule has 0 aromatic heterocycles. The van der Waals surface area contributed by atoms with Gasteiger partial charge in [0.05, 0.1) is 17.7 Å². The second-order valence-electron chi connectivity index (χ2n) is 6.44. The minimum absolute atomic E-state index is 0.127. The van der Waals surface area contributed by atoms with Gasteiger partial charge in [-0.3, -0.25) is 14.9 Å². The molecule has 148 valence electrons. The van der Waals surface area contributed by atoms with Gasteiger partial charge in [-0.05, 0) is 36.2 Å². The highest BCUT2D eigenvalue weighted by Crippen LogP contribution is 2.29. The van der Waals surface area contributed by atoms with Gasteiger partial charge in [-0.25, -0.2) is 0 Å². The predicted molar refractivity (Wildman–Crippen MR) is 113 cm³/mol. The summed E-state index contributed by atoms with van der Waals surface area (Å²) in [6.07, 6.45) is 0. The fourth-order valence-corrected chi connectivity index (χ4v) is 2.85. The number of non-ortho nitro benzene ring substituents is 1. The van der Waals surface area contributed by atoms with Crippen molar-refractivity contribution < 1.29 is 14.5 Å². The van der Waals surface area contributed by atoms with Crippen molar-refractivity contribution >= 4 is 23.0 Å². The number of nitro benzene ring substituents is 1. The molecule has 7 heteroatoms. The largest absolute Gasteiger partial charge is 0.495 e. The van der Waals surface area contributed by atoms with Crippen LogP contribution in [-0.4, -0.2) is 24.0 Å². The van der Waals surface area contributed by atoms with E-state index in [1.54, 1.807) is 6.92 Å². The van der Waals surface area contributed by atoms with E-state index >= 15 is 0 Å². The van der Waals surface area contributed by atoms with Crippen LogP contribution < -0.4 is 15.4 Å². The molecule has 0 heterocycles. The Kier molecular flexibility index (Phi) is 6.09. The van der Waals surface area contributed by atoms with Crippen molar-refractivity contribution in [3.05, 3.63) is 82.9 Å². The van der Waals surface area contributed by atoms with Gasteiger partial charge in [0.2, 0.25) is 5.91 Å². The number of rotatable bonds is 7. The Morgan fingerprint density at radius 3 is 2.28 bits per heavy atom. The molecule has 3 aromatic carbocycles. The highest BCUT2D eigenvalue weighted by atomic mass is 16.6. The molecule has 0 unspecified atom stereocenters. The number of carbonyl (C=O) groups is 1. The van der Waals surface area contributed by atoms with E-state index in [0.717, 1.165) is 16.8 Å². The molecule has 0 aliphatic carbocycles. The molecular weight excluding hydrogens is 370 g/mol. The van der Waals surface area contributed by atoms with Crippen LogP contribution in [0, 0.1) is 10.1 Å². The van der Waals surface area contributed by atoms with Gasteiger partial charge in [0.25, 0.3) is 5.69 Å². The van der Waals surface area contributed by atoms with Crippen LogP contribution in [0.5, 0.6) is 5.75 Å². The Balaban J connectivity index is 1.68. The first-order valence-corrected chi connectivity index (χ1v) is 9.03. The Morgan fingerprint density at radius 1 is 1.00 bits per heavy atom. The lowest BCUT2D eigenvalue weighted by Crippen LogP contribution is -2.32. The maximum absolute atomic E-state index is 12.6. The molecule has 3 rings (SSSR count). The van der Waals surface area contributed by atoms with Gasteiger partial charge in [0.1, 0.15) is 11.8 Å². The first kappa shape index (κ1) is 19.9. The fourth-order valence-electron chi connectivity index (χ4n) is 2.85. The van der Waals surface area contributed by atoms with Crippen molar-refractivity contribution in [3.63, 3.8) is 0 Å². The molecule has 0 radical (unpaired) electrons. The van der Waals surface area contributed by atoms with Crippen LogP contribution in [0.2, 0.25) is 0 Å². The second kappa shape index (κ2) is 8.88. The van der Waals surface area contributed by atoms with Crippen molar-refractivity contribution in [2.24, 2.45) is 0 Å². The topological polar surface area (TPSA) is 93.5 Å². The maximum atomic E-state index is 12.6. The summed E-state index contributed by atoms with van der Waals surface area (Å²) in [4.78, 5) is 23.0. The molecule has 1 atom stereocenters. The summed E-state index contributed by atoms with van der Waals surface area (Å²) in [5.41, 5.74) is 3.11. The van der Waals surface area contributed by atoms with Crippen LogP contribution in [0.1, 0.15) is 6.92 Å². The van der Waals surface area contributed by atoms with Crippen molar-refractivity contribution in [3.8, 4) is 16.9 Å². The zero-order chi connectivity index (χ0) is 20.8. The molecule has 0 bridgehead atoms. The number of ether oxygens (including phenoxy) is 1. The predicted octanol–water partition coefficient (Wildman–Crippen LogP) is 4.71. The third kappa shape index (κ3) is 4.90. The highest BCUT2D eigenvalue weighted by molar-refractivity contribution is 5.97. The third-order valence-electron chi connectivity index (χ3n) is 4.42. The summed E-state index contributed by atoms with van der Waals surface area (Å²) in [7, 11) is 1.44. The minimum Gasteiger partial charge on any atom is -0.495 e. The average molecular weight is 391 g/mol. The fraction of sp³-hybridized carbons (Fsp3) is 0.136. The number of carbonyl (C=O) groups excluding carboxylic acids is 1.